The van der Waals surface area contributed by atoms with Crippen molar-refractivity contribution < 1.29 is 23.9 Å². The smallest absolute Gasteiger partial charge is 0.308 e. The molecular formula is C16H19NO5. The molecule has 0 aliphatic carbocycles. The van der Waals surface area contributed by atoms with Gasteiger partial charge in [-0.25, -0.2) is 0 Å². The molecule has 0 atom stereocenters. The van der Waals surface area contributed by atoms with Gasteiger partial charge in [0.25, 0.3) is 0 Å². The van der Waals surface area contributed by atoms with Gasteiger partial charge in [-0.1, -0.05) is 18.2 Å². The van der Waals surface area contributed by atoms with E-state index >= 15 is 0 Å². The molecule has 0 aliphatic rings. The van der Waals surface area contributed by atoms with Crippen LogP contribution in [0.25, 0.3) is 6.08 Å². The van der Waals surface area contributed by atoms with Gasteiger partial charge >= 0.3 is 11.9 Å². The Bertz CT molecular complexity index is 548. The first-order valence-electron chi connectivity index (χ1n) is 6.83. The summed E-state index contributed by atoms with van der Waals surface area (Å²) in [6.07, 6.45) is 3.61. The van der Waals surface area contributed by atoms with Gasteiger partial charge in [-0.05, 0) is 23.8 Å². The van der Waals surface area contributed by atoms with Crippen LogP contribution in [0.2, 0.25) is 0 Å². The third kappa shape index (κ3) is 7.35. The van der Waals surface area contributed by atoms with E-state index < -0.39 is 5.97 Å². The molecule has 0 saturated heterocycles. The number of hydrogen-bond donors (Lipinski definition) is 1. The molecule has 6 nitrogen and oxygen atoms in total. The highest BCUT2D eigenvalue weighted by Crippen LogP contribution is 2.13. The second kappa shape index (κ2) is 9.46. The van der Waals surface area contributed by atoms with Crippen LogP contribution in [0.15, 0.2) is 30.3 Å². The molecule has 2 N–H and O–H groups in total. The van der Waals surface area contributed by atoms with Crippen LogP contribution in [0.1, 0.15) is 25.3 Å². The number of carbonyl (C=O) groups excluding carboxylic acids is 3. The molecule has 0 amide bonds. The topological polar surface area (TPSA) is 95.7 Å². The number of ether oxygens (including phenoxy) is 2. The average Bonchev–Trinajstić information content (AvgIpc) is 2.50. The minimum Gasteiger partial charge on any atom is -0.461 e. The van der Waals surface area contributed by atoms with Crippen molar-refractivity contribution >= 4 is 23.8 Å². The molecule has 1 aromatic rings. The average molecular weight is 305 g/mol. The lowest BCUT2D eigenvalue weighted by Gasteiger charge is -2.02. The van der Waals surface area contributed by atoms with Crippen molar-refractivity contribution in [1.82, 2.24) is 0 Å². The number of hydrogen-bond acceptors (Lipinski definition) is 6. The SMILES string of the molecule is CC(=O)Oc1ccc(/C=C/COC(=O)CCC(=O)CN)cc1. The lowest BCUT2D eigenvalue weighted by molar-refractivity contribution is -0.143. The van der Waals surface area contributed by atoms with Crippen molar-refractivity contribution in [2.45, 2.75) is 19.8 Å². The van der Waals surface area contributed by atoms with E-state index in [0.29, 0.717) is 5.75 Å². The van der Waals surface area contributed by atoms with Gasteiger partial charge in [-0.3, -0.25) is 14.4 Å². The lowest BCUT2D eigenvalue weighted by atomic mass is 10.2. The number of rotatable bonds is 8. The summed E-state index contributed by atoms with van der Waals surface area (Å²) in [7, 11) is 0. The van der Waals surface area contributed by atoms with Gasteiger partial charge in [0.15, 0.2) is 0 Å². The molecule has 6 heteroatoms. The van der Waals surface area contributed by atoms with Gasteiger partial charge in [0.2, 0.25) is 0 Å². The Morgan fingerprint density at radius 3 is 2.41 bits per heavy atom. The van der Waals surface area contributed by atoms with Gasteiger partial charge in [-0.2, -0.15) is 0 Å². The first-order valence-corrected chi connectivity index (χ1v) is 6.83. The molecule has 1 aromatic carbocycles. The van der Waals surface area contributed by atoms with E-state index in [-0.39, 0.29) is 37.7 Å². The van der Waals surface area contributed by atoms with E-state index in [1.807, 2.05) is 0 Å². The van der Waals surface area contributed by atoms with Gasteiger partial charge in [0, 0.05) is 13.3 Å². The van der Waals surface area contributed by atoms with Gasteiger partial charge in [0.1, 0.15) is 18.1 Å². The number of carbonyl (C=O) groups is 3. The normalized spacial score (nSPS) is 10.5. The molecule has 0 spiro atoms. The van der Waals surface area contributed by atoms with E-state index in [9.17, 15) is 14.4 Å². The number of nitrogens with two attached hydrogens (primary N) is 1. The van der Waals surface area contributed by atoms with Crippen molar-refractivity contribution in [1.29, 1.82) is 0 Å². The summed E-state index contributed by atoms with van der Waals surface area (Å²) in [5.41, 5.74) is 6.02. The first kappa shape index (κ1) is 17.6. The minimum atomic E-state index is -0.434. The third-order valence-corrected chi connectivity index (χ3v) is 2.63. The van der Waals surface area contributed by atoms with Crippen LogP contribution in [-0.4, -0.2) is 30.9 Å². The van der Waals surface area contributed by atoms with Crippen LogP contribution in [0.4, 0.5) is 0 Å². The van der Waals surface area contributed by atoms with Crippen LogP contribution >= 0.6 is 0 Å². The van der Waals surface area contributed by atoms with Crippen LogP contribution in [0.5, 0.6) is 5.75 Å². The standard InChI is InChI=1S/C16H19NO5/c1-12(18)22-15-7-4-13(5-8-15)3-2-10-21-16(20)9-6-14(19)11-17/h2-5,7-8H,6,9-11,17H2,1H3/b3-2+. The van der Waals surface area contributed by atoms with Crippen molar-refractivity contribution in [2.75, 3.05) is 13.2 Å². The zero-order valence-electron chi connectivity index (χ0n) is 12.4. The molecule has 118 valence electrons. The number of esters is 2. The highest BCUT2D eigenvalue weighted by molar-refractivity contribution is 5.84. The monoisotopic (exact) mass is 305 g/mol. The Morgan fingerprint density at radius 2 is 1.82 bits per heavy atom. The number of Topliss-reactive ketones (excluding diaryl/α,β-unsaturated/α-hetero) is 1. The summed E-state index contributed by atoms with van der Waals surface area (Å²) < 4.78 is 9.86. The first-order chi connectivity index (χ1) is 10.5. The van der Waals surface area contributed by atoms with Gasteiger partial charge < -0.3 is 15.2 Å². The Labute approximate surface area is 128 Å². The fourth-order valence-corrected chi connectivity index (χ4v) is 1.55. The minimum absolute atomic E-state index is 0.0426. The predicted octanol–water partition coefficient (Wildman–Crippen LogP) is 1.48. The molecule has 0 unspecified atom stereocenters. The zero-order valence-corrected chi connectivity index (χ0v) is 12.4. The largest absolute Gasteiger partial charge is 0.461 e. The Kier molecular flexibility index (Phi) is 7.56. The lowest BCUT2D eigenvalue weighted by Crippen LogP contribution is -2.15. The van der Waals surface area contributed by atoms with Crippen molar-refractivity contribution in [2.24, 2.45) is 5.73 Å². The molecule has 0 bridgehead atoms. The fraction of sp³-hybridized carbons (Fsp3) is 0.312. The zero-order chi connectivity index (χ0) is 16.4. The summed E-state index contributed by atoms with van der Waals surface area (Å²) in [6, 6.07) is 6.89. The highest BCUT2D eigenvalue weighted by atomic mass is 16.5. The van der Waals surface area contributed by atoms with Crippen LogP contribution in [-0.2, 0) is 19.1 Å². The third-order valence-electron chi connectivity index (χ3n) is 2.63. The summed E-state index contributed by atoms with van der Waals surface area (Å²) in [5.74, 6) is -0.499. The van der Waals surface area contributed by atoms with E-state index in [1.165, 1.54) is 6.92 Å². The summed E-state index contributed by atoms with van der Waals surface area (Å²) in [4.78, 5) is 33.0. The van der Waals surface area contributed by atoms with E-state index in [4.69, 9.17) is 15.2 Å². The van der Waals surface area contributed by atoms with E-state index in [2.05, 4.69) is 0 Å². The molecule has 0 aromatic heterocycles. The Balaban J connectivity index is 2.32. The highest BCUT2D eigenvalue weighted by Gasteiger charge is 2.05. The van der Waals surface area contributed by atoms with Crippen molar-refractivity contribution in [3.63, 3.8) is 0 Å². The quantitative estimate of drug-likeness (QED) is 0.577. The predicted molar refractivity (Wildman–Crippen MR) is 81.0 cm³/mol. The number of ketones is 1. The summed E-state index contributed by atoms with van der Waals surface area (Å²) in [6.45, 7) is 1.40. The number of benzene rings is 1. The molecule has 0 aliphatic heterocycles. The second-order valence-corrected chi connectivity index (χ2v) is 4.49. The summed E-state index contributed by atoms with van der Waals surface area (Å²) in [5, 5.41) is 0. The van der Waals surface area contributed by atoms with Crippen molar-refractivity contribution in [3.8, 4) is 5.75 Å². The Morgan fingerprint density at radius 1 is 1.14 bits per heavy atom. The van der Waals surface area contributed by atoms with Crippen LogP contribution in [0.3, 0.4) is 0 Å². The molecule has 0 saturated carbocycles. The molecule has 0 fully saturated rings. The van der Waals surface area contributed by atoms with Gasteiger partial charge in [0.05, 0.1) is 13.0 Å². The maximum Gasteiger partial charge on any atom is 0.308 e. The van der Waals surface area contributed by atoms with Gasteiger partial charge in [-0.15, -0.1) is 0 Å². The van der Waals surface area contributed by atoms with E-state index in [1.54, 1.807) is 36.4 Å². The van der Waals surface area contributed by atoms with Crippen LogP contribution in [0, 0.1) is 0 Å². The fourth-order valence-electron chi connectivity index (χ4n) is 1.55. The molecule has 1 rings (SSSR count). The van der Waals surface area contributed by atoms with E-state index in [0.717, 1.165) is 5.56 Å². The second-order valence-electron chi connectivity index (χ2n) is 4.49. The molecule has 0 heterocycles. The maximum atomic E-state index is 11.3. The Hall–Kier alpha value is -2.47. The van der Waals surface area contributed by atoms with Crippen molar-refractivity contribution in [3.05, 3.63) is 35.9 Å². The molecule has 22 heavy (non-hydrogen) atoms. The molecule has 0 radical (unpaired) electrons. The molecular weight excluding hydrogens is 286 g/mol. The maximum absolute atomic E-state index is 11.3. The summed E-state index contributed by atoms with van der Waals surface area (Å²) >= 11 is 0. The van der Waals surface area contributed by atoms with Crippen LogP contribution < -0.4 is 10.5 Å².